The Morgan fingerprint density at radius 3 is 2.68 bits per heavy atom. The number of nitrogens with zero attached hydrogens (tertiary/aromatic N) is 1. The van der Waals surface area contributed by atoms with Gasteiger partial charge in [0.1, 0.15) is 5.75 Å². The zero-order chi connectivity index (χ0) is 17.4. The van der Waals surface area contributed by atoms with Crippen LogP contribution in [0.2, 0.25) is 10.0 Å². The normalized spacial score (nSPS) is 26.6. The SMILES string of the molecule is CCN(C1CCCCC1)C12CCCCC1=Cc1cc(Cl)cc(Cl)c1O2. The Hall–Kier alpha value is -0.700. The van der Waals surface area contributed by atoms with Crippen LogP contribution in [0.5, 0.6) is 5.75 Å². The minimum Gasteiger partial charge on any atom is -0.466 e. The molecular weight excluding hydrogens is 353 g/mol. The van der Waals surface area contributed by atoms with Gasteiger partial charge in [-0.1, -0.05) is 49.4 Å². The summed E-state index contributed by atoms with van der Waals surface area (Å²) in [7, 11) is 0. The number of rotatable bonds is 3. The fourth-order valence-corrected chi connectivity index (χ4v) is 5.62. The molecule has 1 aliphatic heterocycles. The van der Waals surface area contributed by atoms with Crippen molar-refractivity contribution in [2.75, 3.05) is 6.54 Å². The summed E-state index contributed by atoms with van der Waals surface area (Å²) >= 11 is 12.7. The predicted molar refractivity (Wildman–Crippen MR) is 106 cm³/mol. The molecule has 2 saturated carbocycles. The third-order valence-electron chi connectivity index (χ3n) is 6.17. The summed E-state index contributed by atoms with van der Waals surface area (Å²) in [5.74, 6) is 0.811. The zero-order valence-corrected chi connectivity index (χ0v) is 16.5. The lowest BCUT2D eigenvalue weighted by Gasteiger charge is -2.52. The van der Waals surface area contributed by atoms with Crippen LogP contribution in [-0.2, 0) is 0 Å². The first-order valence-electron chi connectivity index (χ1n) is 9.80. The Bertz CT molecular complexity index is 681. The largest absolute Gasteiger partial charge is 0.466 e. The van der Waals surface area contributed by atoms with Gasteiger partial charge in [0.2, 0.25) is 0 Å². The summed E-state index contributed by atoms with van der Waals surface area (Å²) < 4.78 is 6.78. The van der Waals surface area contributed by atoms with E-state index in [0.717, 1.165) is 30.7 Å². The van der Waals surface area contributed by atoms with E-state index >= 15 is 0 Å². The lowest BCUT2D eigenvalue weighted by atomic mass is 9.80. The molecule has 0 spiro atoms. The fourth-order valence-electron chi connectivity index (χ4n) is 5.08. The molecule has 0 radical (unpaired) electrons. The van der Waals surface area contributed by atoms with Crippen molar-refractivity contribution >= 4 is 29.3 Å². The second-order valence-corrected chi connectivity index (χ2v) is 8.49. The molecule has 2 nitrogen and oxygen atoms in total. The summed E-state index contributed by atoms with van der Waals surface area (Å²) in [5.41, 5.74) is 2.14. The highest BCUT2D eigenvalue weighted by Crippen LogP contribution is 2.49. The number of ether oxygens (including phenoxy) is 1. The number of benzene rings is 1. The van der Waals surface area contributed by atoms with Crippen LogP contribution < -0.4 is 4.74 Å². The fraction of sp³-hybridized carbons (Fsp3) is 0.619. The lowest BCUT2D eigenvalue weighted by Crippen LogP contribution is -2.60. The van der Waals surface area contributed by atoms with Crippen molar-refractivity contribution in [3.8, 4) is 5.75 Å². The number of hydrogen-bond acceptors (Lipinski definition) is 2. The van der Waals surface area contributed by atoms with Gasteiger partial charge in [-0.2, -0.15) is 0 Å². The molecule has 0 saturated heterocycles. The van der Waals surface area contributed by atoms with Crippen molar-refractivity contribution in [2.45, 2.75) is 76.5 Å². The molecule has 1 unspecified atom stereocenters. The summed E-state index contributed by atoms with van der Waals surface area (Å²) in [5, 5.41) is 1.30. The summed E-state index contributed by atoms with van der Waals surface area (Å²) in [6, 6.07) is 4.40. The van der Waals surface area contributed by atoms with Crippen molar-refractivity contribution < 1.29 is 4.74 Å². The van der Waals surface area contributed by atoms with Crippen molar-refractivity contribution in [3.63, 3.8) is 0 Å². The maximum absolute atomic E-state index is 6.78. The predicted octanol–water partition coefficient (Wildman–Crippen LogP) is 6.69. The molecular formula is C21H27Cl2NO. The van der Waals surface area contributed by atoms with Crippen LogP contribution >= 0.6 is 23.2 Å². The van der Waals surface area contributed by atoms with Gasteiger partial charge in [0, 0.05) is 23.0 Å². The van der Waals surface area contributed by atoms with Gasteiger partial charge in [0.25, 0.3) is 0 Å². The van der Waals surface area contributed by atoms with Crippen LogP contribution in [0.25, 0.3) is 6.08 Å². The molecule has 0 aromatic heterocycles. The molecule has 136 valence electrons. The molecule has 4 rings (SSSR count). The van der Waals surface area contributed by atoms with E-state index in [9.17, 15) is 0 Å². The van der Waals surface area contributed by atoms with Crippen LogP contribution in [0.1, 0.15) is 70.3 Å². The number of fused-ring (bicyclic) bond motifs is 2. The lowest BCUT2D eigenvalue weighted by molar-refractivity contribution is -0.0998. The third kappa shape index (κ3) is 3.11. The van der Waals surface area contributed by atoms with Gasteiger partial charge < -0.3 is 4.74 Å². The molecule has 25 heavy (non-hydrogen) atoms. The quantitative estimate of drug-likeness (QED) is 0.579. The zero-order valence-electron chi connectivity index (χ0n) is 15.0. The molecule has 0 bridgehead atoms. The third-order valence-corrected chi connectivity index (χ3v) is 6.67. The average molecular weight is 380 g/mol. The van der Waals surface area contributed by atoms with Crippen LogP contribution in [0.3, 0.4) is 0 Å². The van der Waals surface area contributed by atoms with Crippen LogP contribution in [0.4, 0.5) is 0 Å². The molecule has 1 aromatic rings. The molecule has 2 fully saturated rings. The smallest absolute Gasteiger partial charge is 0.186 e. The van der Waals surface area contributed by atoms with Gasteiger partial charge in [0.05, 0.1) is 5.02 Å². The van der Waals surface area contributed by atoms with E-state index in [1.54, 1.807) is 6.07 Å². The van der Waals surface area contributed by atoms with Crippen LogP contribution in [-0.4, -0.2) is 23.2 Å². The molecule has 0 N–H and O–H groups in total. The Balaban J connectivity index is 1.78. The molecule has 3 aliphatic rings. The number of halogens is 2. The molecule has 2 aliphatic carbocycles. The first-order chi connectivity index (χ1) is 12.1. The first-order valence-corrected chi connectivity index (χ1v) is 10.6. The first kappa shape index (κ1) is 17.7. The van der Waals surface area contributed by atoms with E-state index in [4.69, 9.17) is 27.9 Å². The number of hydrogen-bond donors (Lipinski definition) is 0. The van der Waals surface area contributed by atoms with Crippen molar-refractivity contribution in [1.29, 1.82) is 0 Å². The Kier molecular flexibility index (Phi) is 5.05. The molecule has 1 atom stereocenters. The van der Waals surface area contributed by atoms with Gasteiger partial charge in [-0.25, -0.2) is 0 Å². The molecule has 4 heteroatoms. The molecule has 1 aromatic carbocycles. The summed E-state index contributed by atoms with van der Waals surface area (Å²) in [4.78, 5) is 2.64. The van der Waals surface area contributed by atoms with E-state index < -0.39 is 0 Å². The monoisotopic (exact) mass is 379 g/mol. The maximum atomic E-state index is 6.78. The van der Waals surface area contributed by atoms with Gasteiger partial charge >= 0.3 is 0 Å². The highest BCUT2D eigenvalue weighted by Gasteiger charge is 2.48. The van der Waals surface area contributed by atoms with Crippen LogP contribution in [0, 0.1) is 0 Å². The Morgan fingerprint density at radius 2 is 1.92 bits per heavy atom. The minimum absolute atomic E-state index is 0.306. The van der Waals surface area contributed by atoms with Crippen molar-refractivity contribution in [1.82, 2.24) is 4.90 Å². The van der Waals surface area contributed by atoms with E-state index in [2.05, 4.69) is 17.9 Å². The topological polar surface area (TPSA) is 12.5 Å². The summed E-state index contributed by atoms with van der Waals surface area (Å²) in [6.45, 7) is 3.29. The van der Waals surface area contributed by atoms with Gasteiger partial charge in [0.15, 0.2) is 5.72 Å². The Labute approximate surface area is 161 Å². The van der Waals surface area contributed by atoms with Crippen molar-refractivity contribution in [2.24, 2.45) is 0 Å². The maximum Gasteiger partial charge on any atom is 0.186 e. The Morgan fingerprint density at radius 1 is 1.12 bits per heavy atom. The second kappa shape index (κ2) is 7.13. The minimum atomic E-state index is -0.306. The van der Waals surface area contributed by atoms with Crippen molar-refractivity contribution in [3.05, 3.63) is 33.3 Å². The van der Waals surface area contributed by atoms with E-state index in [-0.39, 0.29) is 5.72 Å². The van der Waals surface area contributed by atoms with Gasteiger partial charge in [-0.3, -0.25) is 4.90 Å². The summed E-state index contributed by atoms with van der Waals surface area (Å²) in [6.07, 6.45) is 13.5. The standard InChI is InChI=1S/C21H27Cl2NO/c1-2-24(18-9-4-3-5-10-18)21-11-7-6-8-16(21)12-15-13-17(22)14-19(23)20(15)25-21/h12-14,18H,2-11H2,1H3. The van der Waals surface area contributed by atoms with Gasteiger partial charge in [-0.15, -0.1) is 0 Å². The average Bonchev–Trinajstić information content (AvgIpc) is 2.62. The van der Waals surface area contributed by atoms with E-state index in [1.165, 1.54) is 50.5 Å². The molecule has 0 amide bonds. The highest BCUT2D eigenvalue weighted by molar-refractivity contribution is 6.36. The second-order valence-electron chi connectivity index (χ2n) is 7.65. The van der Waals surface area contributed by atoms with E-state index in [0.29, 0.717) is 16.1 Å². The molecule has 1 heterocycles. The van der Waals surface area contributed by atoms with E-state index in [1.807, 2.05) is 6.07 Å². The highest BCUT2D eigenvalue weighted by atomic mass is 35.5. The number of likely N-dealkylation sites (N-methyl/N-ethyl adjacent to an activating group) is 1. The van der Waals surface area contributed by atoms with Gasteiger partial charge in [-0.05, 0) is 62.4 Å². The van der Waals surface area contributed by atoms with Crippen LogP contribution in [0.15, 0.2) is 17.7 Å².